The van der Waals surface area contributed by atoms with E-state index in [1.807, 2.05) is 0 Å². The number of sulfonamides is 1. The van der Waals surface area contributed by atoms with E-state index in [9.17, 15) is 22.4 Å². The van der Waals surface area contributed by atoms with Crippen molar-refractivity contribution in [2.24, 2.45) is 5.14 Å². The lowest BCUT2D eigenvalue weighted by atomic mass is 10.1. The summed E-state index contributed by atoms with van der Waals surface area (Å²) in [7, 11) is -3.96. The van der Waals surface area contributed by atoms with Crippen molar-refractivity contribution in [3.63, 3.8) is 0 Å². The Labute approximate surface area is 266 Å². The molecule has 6 aromatic rings. The van der Waals surface area contributed by atoms with Crippen molar-refractivity contribution in [2.75, 3.05) is 11.9 Å². The third-order valence-corrected chi connectivity index (χ3v) is 8.00. The number of nitrogens with two attached hydrogens (primary N) is 1. The van der Waals surface area contributed by atoms with Gasteiger partial charge in [0.2, 0.25) is 10.0 Å². The van der Waals surface area contributed by atoms with Gasteiger partial charge in [-0.2, -0.15) is 5.10 Å². The van der Waals surface area contributed by atoms with Gasteiger partial charge >= 0.3 is 0 Å². The number of nitrogens with zero attached hydrogens (tertiary/aromatic N) is 3. The number of hydrogen-bond donors (Lipinski definition) is 2. The lowest BCUT2D eigenvalue weighted by molar-refractivity contribution is 0.102. The standard InChI is InChI=1S/C33H25F2N5O6S/c1-2-45-28-14-16-39(23-9-6-21(34)7-10-23)33(42)30(28)32(41)38-22-8-11-27(26(35)19-22)46-29-12-15-37-40-17-13-25(31(29)40)20-4-3-5-24(18-20)47(36,43)44/h3-19H,2H2,1H3,(H,38,41)(H2,36,43,44). The van der Waals surface area contributed by atoms with Crippen molar-refractivity contribution in [1.29, 1.82) is 0 Å². The molecule has 0 saturated heterocycles. The number of pyridine rings is 1. The summed E-state index contributed by atoms with van der Waals surface area (Å²) in [6.45, 7) is 1.86. The second-order valence-corrected chi connectivity index (χ2v) is 11.7. The molecule has 47 heavy (non-hydrogen) atoms. The van der Waals surface area contributed by atoms with E-state index in [4.69, 9.17) is 14.6 Å². The molecule has 3 aromatic carbocycles. The van der Waals surface area contributed by atoms with Gasteiger partial charge in [0.25, 0.3) is 11.5 Å². The Bertz CT molecular complexity index is 2320. The molecule has 11 nitrogen and oxygen atoms in total. The molecular weight excluding hydrogens is 632 g/mol. The highest BCUT2D eigenvalue weighted by atomic mass is 32.2. The summed E-state index contributed by atoms with van der Waals surface area (Å²) >= 11 is 0. The van der Waals surface area contributed by atoms with E-state index in [0.717, 1.165) is 6.07 Å². The maximum Gasteiger partial charge on any atom is 0.271 e. The van der Waals surface area contributed by atoms with E-state index in [1.165, 1.54) is 82.1 Å². The van der Waals surface area contributed by atoms with Gasteiger partial charge in [-0.25, -0.2) is 26.9 Å². The lowest BCUT2D eigenvalue weighted by Crippen LogP contribution is -2.29. The fraction of sp³-hybridized carbons (Fsp3) is 0.0606. The van der Waals surface area contributed by atoms with E-state index in [-0.39, 0.29) is 40.0 Å². The fourth-order valence-electron chi connectivity index (χ4n) is 4.95. The number of carbonyl (C=O) groups excluding carboxylic acids is 1. The number of nitrogens with one attached hydrogen (secondary N) is 1. The zero-order chi connectivity index (χ0) is 33.3. The summed E-state index contributed by atoms with van der Waals surface area (Å²) in [4.78, 5) is 26.7. The molecule has 6 rings (SSSR count). The number of anilines is 1. The highest BCUT2D eigenvalue weighted by molar-refractivity contribution is 7.89. The van der Waals surface area contributed by atoms with Crippen LogP contribution in [-0.4, -0.2) is 35.1 Å². The number of carbonyl (C=O) groups is 1. The van der Waals surface area contributed by atoms with Gasteiger partial charge in [0, 0.05) is 41.5 Å². The average molecular weight is 658 g/mol. The number of benzene rings is 3. The fourth-order valence-corrected chi connectivity index (χ4v) is 5.51. The highest BCUT2D eigenvalue weighted by Crippen LogP contribution is 2.36. The van der Waals surface area contributed by atoms with Crippen molar-refractivity contribution < 1.29 is 31.5 Å². The minimum atomic E-state index is -3.96. The van der Waals surface area contributed by atoms with Crippen LogP contribution in [0.1, 0.15) is 17.3 Å². The maximum absolute atomic E-state index is 15.4. The normalized spacial score (nSPS) is 11.4. The van der Waals surface area contributed by atoms with Gasteiger partial charge in [0.05, 0.1) is 17.7 Å². The van der Waals surface area contributed by atoms with Gasteiger partial charge in [-0.3, -0.25) is 14.2 Å². The lowest BCUT2D eigenvalue weighted by Gasteiger charge is -2.14. The minimum Gasteiger partial charge on any atom is -0.493 e. The molecule has 0 spiro atoms. The van der Waals surface area contributed by atoms with Gasteiger partial charge in [0.15, 0.2) is 17.3 Å². The maximum atomic E-state index is 15.4. The smallest absolute Gasteiger partial charge is 0.271 e. The van der Waals surface area contributed by atoms with E-state index in [2.05, 4.69) is 10.4 Å². The van der Waals surface area contributed by atoms with Gasteiger partial charge < -0.3 is 14.8 Å². The minimum absolute atomic E-state index is 0.0214. The van der Waals surface area contributed by atoms with Crippen LogP contribution in [0.25, 0.3) is 22.3 Å². The van der Waals surface area contributed by atoms with Crippen molar-refractivity contribution in [2.45, 2.75) is 11.8 Å². The molecule has 1 amide bonds. The van der Waals surface area contributed by atoms with Crippen LogP contribution in [0.2, 0.25) is 0 Å². The van der Waals surface area contributed by atoms with Crippen LogP contribution in [-0.2, 0) is 10.0 Å². The summed E-state index contributed by atoms with van der Waals surface area (Å²) in [5.74, 6) is -2.12. The molecule has 0 atom stereocenters. The molecule has 0 unspecified atom stereocenters. The number of ether oxygens (including phenoxy) is 2. The summed E-state index contributed by atoms with van der Waals surface area (Å²) in [6.07, 6.45) is 4.50. The molecule has 3 heterocycles. The molecule has 0 radical (unpaired) electrons. The molecule has 0 aliphatic rings. The van der Waals surface area contributed by atoms with Gasteiger partial charge in [-0.05, 0) is 73.2 Å². The summed E-state index contributed by atoms with van der Waals surface area (Å²) < 4.78 is 66.8. The van der Waals surface area contributed by atoms with E-state index >= 15 is 4.39 Å². The quantitative estimate of drug-likeness (QED) is 0.208. The number of amides is 1. The summed E-state index contributed by atoms with van der Waals surface area (Å²) in [5, 5.41) is 12.1. The van der Waals surface area contributed by atoms with E-state index in [0.29, 0.717) is 22.3 Å². The number of aromatic nitrogens is 3. The number of primary sulfonamides is 1. The molecular formula is C33H25F2N5O6S. The number of fused-ring (bicyclic) bond motifs is 1. The van der Waals surface area contributed by atoms with E-state index in [1.54, 1.807) is 31.3 Å². The van der Waals surface area contributed by atoms with Crippen molar-refractivity contribution >= 4 is 27.1 Å². The van der Waals surface area contributed by atoms with Crippen LogP contribution in [0.5, 0.6) is 17.2 Å². The molecule has 0 aliphatic heterocycles. The molecule has 0 bridgehead atoms. The predicted molar refractivity (Wildman–Crippen MR) is 170 cm³/mol. The second-order valence-electron chi connectivity index (χ2n) is 10.1. The first-order valence-electron chi connectivity index (χ1n) is 14.1. The van der Waals surface area contributed by atoms with Crippen LogP contribution in [0.15, 0.2) is 113 Å². The first kappa shape index (κ1) is 31.1. The van der Waals surface area contributed by atoms with Crippen molar-refractivity contribution in [3.8, 4) is 34.1 Å². The molecule has 238 valence electrons. The first-order valence-corrected chi connectivity index (χ1v) is 15.6. The summed E-state index contributed by atoms with van der Waals surface area (Å²) in [6, 6.07) is 19.6. The highest BCUT2D eigenvalue weighted by Gasteiger charge is 2.22. The Morgan fingerprint density at radius 2 is 1.72 bits per heavy atom. The van der Waals surface area contributed by atoms with Gasteiger partial charge in [-0.1, -0.05) is 12.1 Å². The Hall–Kier alpha value is -5.86. The molecule has 14 heteroatoms. The predicted octanol–water partition coefficient (Wildman–Crippen LogP) is 5.52. The Balaban J connectivity index is 1.29. The van der Waals surface area contributed by atoms with Crippen LogP contribution < -0.4 is 25.5 Å². The third kappa shape index (κ3) is 6.32. The topological polar surface area (TPSA) is 147 Å². The SMILES string of the molecule is CCOc1ccn(-c2ccc(F)cc2)c(=O)c1C(=O)Nc1ccc(Oc2ccnn3ccc(-c4cccc(S(N)(=O)=O)c4)c23)c(F)c1. The third-order valence-electron chi connectivity index (χ3n) is 7.09. The van der Waals surface area contributed by atoms with Crippen molar-refractivity contribution in [3.05, 3.63) is 131 Å². The number of halogens is 2. The Kier molecular flexibility index (Phi) is 8.28. The van der Waals surface area contributed by atoms with Crippen LogP contribution in [0, 0.1) is 11.6 Å². The monoisotopic (exact) mass is 657 g/mol. The second kappa shape index (κ2) is 12.5. The van der Waals surface area contributed by atoms with Crippen molar-refractivity contribution in [1.82, 2.24) is 14.2 Å². The van der Waals surface area contributed by atoms with Gasteiger partial charge in [0.1, 0.15) is 22.6 Å². The van der Waals surface area contributed by atoms with Crippen LogP contribution >= 0.6 is 0 Å². The Morgan fingerprint density at radius 3 is 2.45 bits per heavy atom. The van der Waals surface area contributed by atoms with Crippen LogP contribution in [0.3, 0.4) is 0 Å². The Morgan fingerprint density at radius 1 is 0.936 bits per heavy atom. The van der Waals surface area contributed by atoms with Crippen LogP contribution in [0.4, 0.5) is 14.5 Å². The summed E-state index contributed by atoms with van der Waals surface area (Å²) in [5.41, 5.74) is 0.811. The molecule has 3 N–H and O–H groups in total. The zero-order valence-electron chi connectivity index (χ0n) is 24.6. The number of rotatable bonds is 9. The number of hydrogen-bond acceptors (Lipinski definition) is 7. The molecule has 0 fully saturated rings. The van der Waals surface area contributed by atoms with E-state index < -0.39 is 33.1 Å². The molecule has 0 aliphatic carbocycles. The molecule has 3 aromatic heterocycles. The first-order chi connectivity index (χ1) is 22.5. The largest absolute Gasteiger partial charge is 0.493 e. The zero-order valence-corrected chi connectivity index (χ0v) is 25.4. The average Bonchev–Trinajstić information content (AvgIpc) is 3.48. The van der Waals surface area contributed by atoms with Gasteiger partial charge in [-0.15, -0.1) is 0 Å². The molecule has 0 saturated carbocycles.